The molecule has 4 nitrogen and oxygen atoms in total. The number of rotatable bonds is 4. The van der Waals surface area contributed by atoms with Crippen LogP contribution >= 0.6 is 0 Å². The Kier molecular flexibility index (Phi) is 4.77. The van der Waals surface area contributed by atoms with E-state index in [0.717, 1.165) is 12.1 Å². The van der Waals surface area contributed by atoms with Crippen molar-refractivity contribution in [3.05, 3.63) is 53.7 Å². The van der Waals surface area contributed by atoms with Gasteiger partial charge in [0, 0.05) is 12.3 Å². The second kappa shape index (κ2) is 6.46. The number of halogens is 4. The standard InChI is InChI=1S/C16H13F4NO3/c1-15(17,16(18,19)20)11-4-6-12(7-5-11)24-13-8-3-10(9-21-13)14(22)23-2/h3-9H,1-2H3. The van der Waals surface area contributed by atoms with Crippen LogP contribution in [0.5, 0.6) is 11.6 Å². The summed E-state index contributed by atoms with van der Waals surface area (Å²) in [4.78, 5) is 15.1. The molecule has 1 aromatic carbocycles. The van der Waals surface area contributed by atoms with Crippen molar-refractivity contribution >= 4 is 5.97 Å². The highest BCUT2D eigenvalue weighted by Crippen LogP contribution is 2.42. The van der Waals surface area contributed by atoms with Crippen LogP contribution < -0.4 is 4.74 Å². The predicted octanol–water partition coefficient (Wildman–Crippen LogP) is 4.41. The van der Waals surface area contributed by atoms with Gasteiger partial charge in [-0.25, -0.2) is 14.2 Å². The van der Waals surface area contributed by atoms with Gasteiger partial charge >= 0.3 is 12.1 Å². The molecule has 0 aliphatic carbocycles. The van der Waals surface area contributed by atoms with Gasteiger partial charge < -0.3 is 9.47 Å². The van der Waals surface area contributed by atoms with Crippen molar-refractivity contribution in [2.75, 3.05) is 7.11 Å². The number of alkyl halides is 4. The summed E-state index contributed by atoms with van der Waals surface area (Å²) in [5, 5.41) is 0. The summed E-state index contributed by atoms with van der Waals surface area (Å²) in [6, 6.07) is 7.21. The van der Waals surface area contributed by atoms with Crippen LogP contribution in [-0.2, 0) is 10.4 Å². The fraction of sp³-hybridized carbons (Fsp3) is 0.250. The Balaban J connectivity index is 2.13. The van der Waals surface area contributed by atoms with E-state index in [9.17, 15) is 22.4 Å². The van der Waals surface area contributed by atoms with Crippen molar-refractivity contribution in [2.45, 2.75) is 18.8 Å². The molecule has 0 spiro atoms. The first-order chi connectivity index (χ1) is 11.1. The van der Waals surface area contributed by atoms with Crippen molar-refractivity contribution < 1.29 is 31.8 Å². The van der Waals surface area contributed by atoms with Gasteiger partial charge in [0.05, 0.1) is 12.7 Å². The van der Waals surface area contributed by atoms with E-state index in [4.69, 9.17) is 4.74 Å². The summed E-state index contributed by atoms with van der Waals surface area (Å²) >= 11 is 0. The van der Waals surface area contributed by atoms with Gasteiger partial charge in [0.15, 0.2) is 0 Å². The maximum atomic E-state index is 13.8. The molecule has 1 atom stereocenters. The third kappa shape index (κ3) is 3.64. The maximum Gasteiger partial charge on any atom is 0.426 e. The molecule has 0 aliphatic rings. The predicted molar refractivity (Wildman–Crippen MR) is 76.6 cm³/mol. The van der Waals surface area contributed by atoms with Crippen LogP contribution in [0.4, 0.5) is 17.6 Å². The molecule has 2 rings (SSSR count). The van der Waals surface area contributed by atoms with Crippen molar-refractivity contribution in [1.82, 2.24) is 4.98 Å². The fourth-order valence-corrected chi connectivity index (χ4v) is 1.80. The van der Waals surface area contributed by atoms with Crippen molar-refractivity contribution in [3.8, 4) is 11.6 Å². The maximum absolute atomic E-state index is 13.8. The average Bonchev–Trinajstić information content (AvgIpc) is 2.54. The van der Waals surface area contributed by atoms with Gasteiger partial charge in [-0.1, -0.05) is 12.1 Å². The van der Waals surface area contributed by atoms with E-state index in [0.29, 0.717) is 6.92 Å². The average molecular weight is 343 g/mol. The molecule has 0 saturated heterocycles. The molecule has 0 saturated carbocycles. The molecule has 128 valence electrons. The summed E-state index contributed by atoms with van der Waals surface area (Å²) in [7, 11) is 1.23. The van der Waals surface area contributed by atoms with Crippen LogP contribution in [0.2, 0.25) is 0 Å². The number of hydrogen-bond acceptors (Lipinski definition) is 4. The molecule has 2 aromatic rings. The largest absolute Gasteiger partial charge is 0.465 e. The SMILES string of the molecule is COC(=O)c1ccc(Oc2ccc(C(C)(F)C(F)(F)F)cc2)nc1. The lowest BCUT2D eigenvalue weighted by atomic mass is 9.97. The zero-order valence-electron chi connectivity index (χ0n) is 12.7. The summed E-state index contributed by atoms with van der Waals surface area (Å²) in [5.41, 5.74) is -3.76. The molecule has 0 amide bonds. The Morgan fingerprint density at radius 3 is 2.12 bits per heavy atom. The summed E-state index contributed by atoms with van der Waals surface area (Å²) in [5.74, 6) is -0.267. The number of methoxy groups -OCH3 is 1. The van der Waals surface area contributed by atoms with Crippen molar-refractivity contribution in [3.63, 3.8) is 0 Å². The van der Waals surface area contributed by atoms with Gasteiger partial charge in [0.25, 0.3) is 0 Å². The first-order valence-corrected chi connectivity index (χ1v) is 6.73. The van der Waals surface area contributed by atoms with E-state index in [2.05, 4.69) is 9.72 Å². The Hall–Kier alpha value is -2.64. The van der Waals surface area contributed by atoms with Gasteiger partial charge in [0.1, 0.15) is 5.75 Å². The highest BCUT2D eigenvalue weighted by atomic mass is 19.4. The highest BCUT2D eigenvalue weighted by Gasteiger charge is 2.53. The number of hydrogen-bond donors (Lipinski definition) is 0. The molecule has 1 aromatic heterocycles. The zero-order valence-corrected chi connectivity index (χ0v) is 12.7. The quantitative estimate of drug-likeness (QED) is 0.610. The minimum Gasteiger partial charge on any atom is -0.465 e. The first-order valence-electron chi connectivity index (χ1n) is 6.73. The smallest absolute Gasteiger partial charge is 0.426 e. The highest BCUT2D eigenvalue weighted by molar-refractivity contribution is 5.88. The molecular weight excluding hydrogens is 330 g/mol. The van der Waals surface area contributed by atoms with E-state index in [-0.39, 0.29) is 17.2 Å². The number of benzene rings is 1. The lowest BCUT2D eigenvalue weighted by Gasteiger charge is -2.24. The monoisotopic (exact) mass is 343 g/mol. The Bertz CT molecular complexity index is 710. The third-order valence-electron chi connectivity index (χ3n) is 3.31. The topological polar surface area (TPSA) is 48.4 Å². The summed E-state index contributed by atoms with van der Waals surface area (Å²) in [6.45, 7) is 0.454. The number of nitrogens with zero attached hydrogens (tertiary/aromatic N) is 1. The van der Waals surface area contributed by atoms with Crippen LogP contribution in [0.15, 0.2) is 42.6 Å². The van der Waals surface area contributed by atoms with Crippen molar-refractivity contribution in [1.29, 1.82) is 0 Å². The molecule has 1 unspecified atom stereocenters. The lowest BCUT2D eigenvalue weighted by Crippen LogP contribution is -2.34. The van der Waals surface area contributed by atoms with Gasteiger partial charge in [-0.05, 0) is 30.7 Å². The minimum atomic E-state index is -5.01. The minimum absolute atomic E-state index is 0.120. The number of carbonyl (C=O) groups excluding carboxylic acids is 1. The Labute approximate surface area is 135 Å². The van der Waals surface area contributed by atoms with Crippen LogP contribution in [-0.4, -0.2) is 24.2 Å². The van der Waals surface area contributed by atoms with E-state index < -0.39 is 23.4 Å². The summed E-state index contributed by atoms with van der Waals surface area (Å²) in [6.07, 6.45) is -3.78. The second-order valence-corrected chi connectivity index (χ2v) is 5.00. The molecule has 24 heavy (non-hydrogen) atoms. The van der Waals surface area contributed by atoms with E-state index in [1.54, 1.807) is 0 Å². The zero-order chi connectivity index (χ0) is 18.0. The molecule has 0 aliphatic heterocycles. The molecule has 0 fully saturated rings. The van der Waals surface area contributed by atoms with Crippen LogP contribution in [0.1, 0.15) is 22.8 Å². The Morgan fingerprint density at radius 1 is 1.04 bits per heavy atom. The number of ether oxygens (including phenoxy) is 2. The van der Waals surface area contributed by atoms with E-state index in [1.807, 2.05) is 0 Å². The number of esters is 1. The molecular formula is C16H13F4NO3. The number of pyridine rings is 1. The van der Waals surface area contributed by atoms with Crippen LogP contribution in [0, 0.1) is 0 Å². The second-order valence-electron chi connectivity index (χ2n) is 5.00. The number of carbonyl (C=O) groups is 1. The van der Waals surface area contributed by atoms with E-state index in [1.165, 1.54) is 37.6 Å². The van der Waals surface area contributed by atoms with Gasteiger partial charge in [-0.3, -0.25) is 0 Å². The summed E-state index contributed by atoms with van der Waals surface area (Å²) < 4.78 is 61.6. The van der Waals surface area contributed by atoms with Gasteiger partial charge in [-0.15, -0.1) is 0 Å². The van der Waals surface area contributed by atoms with Crippen LogP contribution in [0.25, 0.3) is 0 Å². The third-order valence-corrected chi connectivity index (χ3v) is 3.31. The molecule has 8 heteroatoms. The lowest BCUT2D eigenvalue weighted by molar-refractivity contribution is -0.228. The van der Waals surface area contributed by atoms with E-state index >= 15 is 0 Å². The molecule has 1 heterocycles. The van der Waals surface area contributed by atoms with Crippen LogP contribution in [0.3, 0.4) is 0 Å². The van der Waals surface area contributed by atoms with Gasteiger partial charge in [0.2, 0.25) is 11.5 Å². The normalized spacial score (nSPS) is 13.9. The Morgan fingerprint density at radius 2 is 1.67 bits per heavy atom. The number of aromatic nitrogens is 1. The first kappa shape index (κ1) is 17.7. The molecule has 0 radical (unpaired) electrons. The van der Waals surface area contributed by atoms with Crippen molar-refractivity contribution in [2.24, 2.45) is 0 Å². The van der Waals surface area contributed by atoms with Gasteiger partial charge in [-0.2, -0.15) is 13.2 Å². The molecule has 0 bridgehead atoms. The molecule has 0 N–H and O–H groups in total. The fourth-order valence-electron chi connectivity index (χ4n) is 1.80.